The minimum Gasteiger partial charge on any atom is -0.497 e. The van der Waals surface area contributed by atoms with Crippen LogP contribution in [0, 0.1) is 16.7 Å². The van der Waals surface area contributed by atoms with Crippen LogP contribution in [0.2, 0.25) is 0 Å². The van der Waals surface area contributed by atoms with Crippen LogP contribution in [0.3, 0.4) is 0 Å². The fraction of sp³-hybridized carbons (Fsp3) is 0.276. The second kappa shape index (κ2) is 9.17. The minimum absolute atomic E-state index is 0.0158. The molecule has 8 nitrogen and oxygen atoms in total. The van der Waals surface area contributed by atoms with Gasteiger partial charge < -0.3 is 24.7 Å². The number of methoxy groups -OCH3 is 2. The van der Waals surface area contributed by atoms with Crippen LogP contribution in [0.4, 0.5) is 0 Å². The molecular formula is C29H27N3O5. The van der Waals surface area contributed by atoms with Crippen LogP contribution in [0.25, 0.3) is 10.9 Å². The van der Waals surface area contributed by atoms with Crippen molar-refractivity contribution < 1.29 is 23.7 Å². The Bertz CT molecular complexity index is 1510. The number of nitrogens with zero attached hydrogens (tertiary/aromatic N) is 2. The molecule has 3 aromatic rings. The zero-order valence-electron chi connectivity index (χ0n) is 21.1. The van der Waals surface area contributed by atoms with Crippen LogP contribution in [0.5, 0.6) is 23.1 Å². The first-order chi connectivity index (χ1) is 17.7. The van der Waals surface area contributed by atoms with E-state index in [1.165, 1.54) is 0 Å². The summed E-state index contributed by atoms with van der Waals surface area (Å²) in [7, 11) is 3.18. The van der Waals surface area contributed by atoms with Crippen molar-refractivity contribution in [3.05, 3.63) is 76.9 Å². The van der Waals surface area contributed by atoms with Gasteiger partial charge in [-0.2, -0.15) is 5.26 Å². The Balaban J connectivity index is 1.74. The van der Waals surface area contributed by atoms with Crippen molar-refractivity contribution in [3.63, 3.8) is 0 Å². The summed E-state index contributed by atoms with van der Waals surface area (Å²) in [5, 5.41) is 10.9. The molecule has 5 rings (SSSR count). The summed E-state index contributed by atoms with van der Waals surface area (Å²) in [5.41, 5.74) is 7.74. The number of benzene rings is 2. The molecule has 1 unspecified atom stereocenters. The lowest BCUT2D eigenvalue weighted by Gasteiger charge is -2.37. The lowest BCUT2D eigenvalue weighted by molar-refractivity contribution is -0.119. The molecule has 1 aromatic heterocycles. The van der Waals surface area contributed by atoms with E-state index in [2.05, 4.69) is 6.07 Å². The van der Waals surface area contributed by atoms with Gasteiger partial charge in [-0.05, 0) is 53.9 Å². The number of hydrogen-bond acceptors (Lipinski definition) is 8. The molecule has 2 heterocycles. The monoisotopic (exact) mass is 497 g/mol. The van der Waals surface area contributed by atoms with Crippen LogP contribution in [0.1, 0.15) is 38.2 Å². The summed E-state index contributed by atoms with van der Waals surface area (Å²) in [6.07, 6.45) is 0.849. The number of pyridine rings is 1. The third-order valence-corrected chi connectivity index (χ3v) is 6.68. The highest BCUT2D eigenvalue weighted by atomic mass is 16.5. The number of carbonyl (C=O) groups is 1. The average molecular weight is 498 g/mol. The van der Waals surface area contributed by atoms with Gasteiger partial charge in [0.25, 0.3) is 0 Å². The fourth-order valence-corrected chi connectivity index (χ4v) is 4.92. The molecule has 0 amide bonds. The number of fused-ring (bicyclic) bond motifs is 1. The van der Waals surface area contributed by atoms with E-state index in [1.807, 2.05) is 38.1 Å². The van der Waals surface area contributed by atoms with Crippen molar-refractivity contribution >= 4 is 16.7 Å². The maximum absolute atomic E-state index is 13.5. The Morgan fingerprint density at radius 3 is 2.38 bits per heavy atom. The van der Waals surface area contributed by atoms with E-state index in [0.717, 1.165) is 5.39 Å². The molecule has 1 aliphatic carbocycles. The number of rotatable bonds is 5. The highest BCUT2D eigenvalue weighted by Gasteiger charge is 2.44. The van der Waals surface area contributed by atoms with E-state index < -0.39 is 5.92 Å². The third-order valence-electron chi connectivity index (χ3n) is 6.68. The third kappa shape index (κ3) is 4.45. The number of hydrogen-bond donors (Lipinski definition) is 1. The summed E-state index contributed by atoms with van der Waals surface area (Å²) < 4.78 is 22.8. The normalized spacial score (nSPS) is 18.7. The van der Waals surface area contributed by atoms with Gasteiger partial charge in [-0.1, -0.05) is 13.8 Å². The molecule has 188 valence electrons. The van der Waals surface area contributed by atoms with Gasteiger partial charge in [0.2, 0.25) is 11.8 Å². The fourth-order valence-electron chi connectivity index (χ4n) is 4.92. The SMILES string of the molecule is COc1ccc(Oc2nc3ccc(OC)cc3cc2C2C(C#N)=C(N)OC3=C2C(=O)CC(C)(C)C3)cc1. The lowest BCUT2D eigenvalue weighted by Crippen LogP contribution is -2.33. The summed E-state index contributed by atoms with van der Waals surface area (Å²) in [6.45, 7) is 4.02. The van der Waals surface area contributed by atoms with Gasteiger partial charge in [0.15, 0.2) is 5.78 Å². The Hall–Kier alpha value is -4.51. The highest BCUT2D eigenvalue weighted by Crippen LogP contribution is 2.50. The molecule has 37 heavy (non-hydrogen) atoms. The Morgan fingerprint density at radius 2 is 1.70 bits per heavy atom. The van der Waals surface area contributed by atoms with Gasteiger partial charge >= 0.3 is 0 Å². The van der Waals surface area contributed by atoms with Crippen molar-refractivity contribution in [2.75, 3.05) is 14.2 Å². The summed E-state index contributed by atoms with van der Waals surface area (Å²) >= 11 is 0. The van der Waals surface area contributed by atoms with Crippen molar-refractivity contribution in [1.29, 1.82) is 5.26 Å². The standard InChI is InChI=1S/C29H27N3O5/c1-29(2)13-23(33)26-24(14-29)37-27(31)21(15-30)25(26)20-12-16-11-19(35-4)9-10-22(16)32-28(20)36-18-7-5-17(34-3)6-8-18/h5-12,25H,13-14,31H2,1-4H3. The van der Waals surface area contributed by atoms with Crippen LogP contribution in [0.15, 0.2) is 71.3 Å². The molecule has 0 saturated carbocycles. The number of ketones is 1. The maximum atomic E-state index is 13.5. The lowest BCUT2D eigenvalue weighted by atomic mass is 9.70. The zero-order chi connectivity index (χ0) is 26.3. The van der Waals surface area contributed by atoms with Crippen molar-refractivity contribution in [2.24, 2.45) is 11.1 Å². The topological polar surface area (TPSA) is 117 Å². The maximum Gasteiger partial charge on any atom is 0.224 e. The van der Waals surface area contributed by atoms with E-state index in [4.69, 9.17) is 29.7 Å². The average Bonchev–Trinajstić information content (AvgIpc) is 2.87. The number of carbonyl (C=O) groups excluding carboxylic acids is 1. The minimum atomic E-state index is -0.784. The number of Topliss-reactive ketones (excluding diaryl/α,β-unsaturated/α-hetero) is 1. The highest BCUT2D eigenvalue weighted by molar-refractivity contribution is 6.00. The van der Waals surface area contributed by atoms with E-state index in [-0.39, 0.29) is 28.5 Å². The predicted molar refractivity (Wildman–Crippen MR) is 137 cm³/mol. The van der Waals surface area contributed by atoms with E-state index >= 15 is 0 Å². The molecule has 0 bridgehead atoms. The molecule has 2 N–H and O–H groups in total. The molecule has 0 spiro atoms. The van der Waals surface area contributed by atoms with Crippen LogP contribution >= 0.6 is 0 Å². The van der Waals surface area contributed by atoms with Gasteiger partial charge in [0.1, 0.15) is 34.7 Å². The first-order valence-electron chi connectivity index (χ1n) is 11.9. The first-order valence-corrected chi connectivity index (χ1v) is 11.9. The molecule has 0 radical (unpaired) electrons. The molecule has 0 saturated heterocycles. The Kier molecular flexibility index (Phi) is 6.00. The molecular weight excluding hydrogens is 470 g/mol. The van der Waals surface area contributed by atoms with Gasteiger partial charge in [-0.15, -0.1) is 0 Å². The Labute approximate surface area is 214 Å². The van der Waals surface area contributed by atoms with Crippen LogP contribution in [-0.4, -0.2) is 25.0 Å². The largest absolute Gasteiger partial charge is 0.497 e. The van der Waals surface area contributed by atoms with E-state index in [9.17, 15) is 10.1 Å². The summed E-state index contributed by atoms with van der Waals surface area (Å²) in [4.78, 5) is 18.3. The van der Waals surface area contributed by atoms with Gasteiger partial charge in [0.05, 0.1) is 25.7 Å². The number of allylic oxidation sites excluding steroid dienone is 3. The summed E-state index contributed by atoms with van der Waals surface area (Å²) in [5.74, 6) is 1.73. The second-order valence-corrected chi connectivity index (χ2v) is 9.92. The molecule has 1 atom stereocenters. The van der Waals surface area contributed by atoms with Gasteiger partial charge in [-0.3, -0.25) is 4.79 Å². The van der Waals surface area contributed by atoms with Crippen LogP contribution < -0.4 is 19.9 Å². The molecule has 2 aliphatic rings. The molecule has 8 heteroatoms. The predicted octanol–water partition coefficient (Wildman–Crippen LogP) is 5.50. The van der Waals surface area contributed by atoms with Crippen molar-refractivity contribution in [2.45, 2.75) is 32.6 Å². The smallest absolute Gasteiger partial charge is 0.224 e. The van der Waals surface area contributed by atoms with Gasteiger partial charge in [-0.25, -0.2) is 4.98 Å². The van der Waals surface area contributed by atoms with Gasteiger partial charge in [0, 0.05) is 29.4 Å². The quantitative estimate of drug-likeness (QED) is 0.491. The first kappa shape index (κ1) is 24.2. The Morgan fingerprint density at radius 1 is 1.03 bits per heavy atom. The van der Waals surface area contributed by atoms with E-state index in [1.54, 1.807) is 38.5 Å². The molecule has 2 aromatic carbocycles. The number of ether oxygens (including phenoxy) is 4. The second-order valence-electron chi connectivity index (χ2n) is 9.92. The summed E-state index contributed by atoms with van der Waals surface area (Å²) in [6, 6.07) is 16.6. The number of aromatic nitrogens is 1. The van der Waals surface area contributed by atoms with Crippen molar-refractivity contribution in [3.8, 4) is 29.2 Å². The van der Waals surface area contributed by atoms with E-state index in [0.29, 0.717) is 52.5 Å². The zero-order valence-corrected chi connectivity index (χ0v) is 21.1. The molecule has 0 fully saturated rings. The van der Waals surface area contributed by atoms with Crippen LogP contribution in [-0.2, 0) is 9.53 Å². The number of nitrogens with two attached hydrogens (primary N) is 1. The van der Waals surface area contributed by atoms with Crippen molar-refractivity contribution in [1.82, 2.24) is 4.98 Å². The number of nitriles is 1. The molecule has 1 aliphatic heterocycles.